The second-order valence-corrected chi connectivity index (χ2v) is 12.2. The maximum Gasteiger partial charge on any atom is 0.301 e. The largest absolute Gasteiger partial charge is 0.507 e. The quantitative estimate of drug-likeness (QED) is 0.0530. The molecule has 1 unspecified atom stereocenters. The van der Waals surface area contributed by atoms with E-state index >= 15 is 0 Å². The van der Waals surface area contributed by atoms with Gasteiger partial charge in [0.25, 0.3) is 5.78 Å². The van der Waals surface area contributed by atoms with Crippen LogP contribution in [0.4, 0.5) is 9.52 Å². The van der Waals surface area contributed by atoms with Gasteiger partial charge in [-0.25, -0.2) is 4.39 Å². The number of carbonyl (C=O) groups excluding carboxylic acids is 2. The first-order valence-electron chi connectivity index (χ1n) is 14.3. The maximum atomic E-state index is 14.2. The topological polar surface area (TPSA) is 115 Å². The summed E-state index contributed by atoms with van der Waals surface area (Å²) in [7, 11) is 0. The van der Waals surface area contributed by atoms with Crippen LogP contribution in [0.25, 0.3) is 5.76 Å². The lowest BCUT2D eigenvalue weighted by molar-refractivity contribution is -0.132. The zero-order chi connectivity index (χ0) is 32.0. The lowest BCUT2D eigenvalue weighted by Gasteiger charge is -2.23. The van der Waals surface area contributed by atoms with Gasteiger partial charge in [-0.05, 0) is 53.9 Å². The minimum Gasteiger partial charge on any atom is -0.507 e. The Balaban J connectivity index is 1.39. The molecule has 1 aliphatic rings. The molecule has 0 aliphatic carbocycles. The highest BCUT2D eigenvalue weighted by Gasteiger charge is 2.48. The van der Waals surface area contributed by atoms with Gasteiger partial charge in [-0.2, -0.15) is 0 Å². The lowest BCUT2D eigenvalue weighted by atomic mass is 9.95. The van der Waals surface area contributed by atoms with E-state index in [0.717, 1.165) is 16.9 Å². The molecule has 3 aromatic carbocycles. The van der Waals surface area contributed by atoms with E-state index in [2.05, 4.69) is 15.2 Å². The van der Waals surface area contributed by atoms with E-state index < -0.39 is 17.7 Å². The molecule has 3 heterocycles. The number of anilines is 1. The predicted octanol–water partition coefficient (Wildman–Crippen LogP) is 6.97. The van der Waals surface area contributed by atoms with Gasteiger partial charge in [0.1, 0.15) is 18.2 Å². The average molecular weight is 655 g/mol. The number of carbonyl (C=O) groups is 2. The average Bonchev–Trinajstić information content (AvgIpc) is 3.66. The predicted molar refractivity (Wildman–Crippen MR) is 173 cm³/mol. The first kappa shape index (κ1) is 30.9. The van der Waals surface area contributed by atoms with Crippen LogP contribution in [0.15, 0.2) is 107 Å². The molecule has 1 N–H and O–H groups in total. The molecule has 1 atom stereocenters. The number of aliphatic hydroxyl groups excluding tert-OH is 1. The van der Waals surface area contributed by atoms with Crippen molar-refractivity contribution in [3.05, 3.63) is 131 Å². The van der Waals surface area contributed by atoms with Crippen LogP contribution in [-0.2, 0) is 21.9 Å². The van der Waals surface area contributed by atoms with Gasteiger partial charge in [0, 0.05) is 23.7 Å². The fourth-order valence-electron chi connectivity index (χ4n) is 4.94. The highest BCUT2D eigenvalue weighted by atomic mass is 32.2. The molecule has 2 aromatic heterocycles. The summed E-state index contributed by atoms with van der Waals surface area (Å²) in [6.07, 6.45) is 2.96. The van der Waals surface area contributed by atoms with Crippen molar-refractivity contribution in [2.75, 3.05) is 11.5 Å². The number of Topliss-reactive ketones (excluding diaryl/α,β-unsaturated/α-hetero) is 1. The molecule has 1 fully saturated rings. The van der Waals surface area contributed by atoms with Crippen molar-refractivity contribution in [2.24, 2.45) is 0 Å². The van der Waals surface area contributed by atoms with E-state index in [9.17, 15) is 19.1 Å². The fraction of sp³-hybridized carbons (Fsp3) is 0.147. The number of halogens is 1. The number of hydrogen-bond donors (Lipinski definition) is 1. The van der Waals surface area contributed by atoms with Crippen LogP contribution in [0.5, 0.6) is 11.5 Å². The molecule has 5 aromatic rings. The van der Waals surface area contributed by atoms with Crippen molar-refractivity contribution in [3.8, 4) is 11.5 Å². The van der Waals surface area contributed by atoms with Gasteiger partial charge < -0.3 is 14.6 Å². The number of pyridine rings is 1. The molecule has 1 amide bonds. The third-order valence-electron chi connectivity index (χ3n) is 7.13. The third-order valence-corrected chi connectivity index (χ3v) is 9.23. The Hall–Kier alpha value is -5.07. The number of thioether (sulfide) groups is 1. The van der Waals surface area contributed by atoms with Gasteiger partial charge in [0.15, 0.2) is 15.8 Å². The SMILES string of the molecule is CCOc1cc(C2C(=C(O)c3ccncc3)C(=O)C(=O)N2c2nnc(SCc3ccccc3F)s2)ccc1OCc1ccccc1. The number of ketones is 1. The number of aliphatic hydroxyl groups is 1. The molecule has 9 nitrogen and oxygen atoms in total. The van der Waals surface area contributed by atoms with Gasteiger partial charge in [0.2, 0.25) is 5.13 Å². The highest BCUT2D eigenvalue weighted by Crippen LogP contribution is 2.45. The van der Waals surface area contributed by atoms with Gasteiger partial charge in [-0.1, -0.05) is 77.7 Å². The zero-order valence-electron chi connectivity index (χ0n) is 24.5. The Bertz CT molecular complexity index is 1900. The number of aromatic nitrogens is 3. The van der Waals surface area contributed by atoms with Gasteiger partial charge in [-0.15, -0.1) is 10.2 Å². The molecule has 1 aliphatic heterocycles. The number of amides is 1. The first-order valence-corrected chi connectivity index (χ1v) is 16.1. The Morgan fingerprint density at radius 1 is 0.957 bits per heavy atom. The van der Waals surface area contributed by atoms with Crippen molar-refractivity contribution < 1.29 is 28.6 Å². The van der Waals surface area contributed by atoms with Crippen LogP contribution in [0.1, 0.15) is 35.2 Å². The van der Waals surface area contributed by atoms with Crippen LogP contribution in [-0.4, -0.2) is 38.6 Å². The number of ether oxygens (including phenoxy) is 2. The van der Waals surface area contributed by atoms with Crippen LogP contribution < -0.4 is 14.4 Å². The molecular formula is C34H27FN4O5S2. The van der Waals surface area contributed by atoms with Crippen LogP contribution in [0.2, 0.25) is 0 Å². The van der Waals surface area contributed by atoms with Crippen molar-refractivity contribution in [1.82, 2.24) is 15.2 Å². The molecule has 0 bridgehead atoms. The van der Waals surface area contributed by atoms with Crippen molar-refractivity contribution in [3.63, 3.8) is 0 Å². The standard InChI is InChI=1S/C34H27FN4O5S2/c1-2-43-27-18-23(12-13-26(27)44-19-21-8-4-3-5-9-21)29-28(30(40)22-14-16-36-17-15-22)31(41)32(42)39(29)33-37-38-34(46-33)45-20-24-10-6-7-11-25(24)35/h3-18,29,40H,2,19-20H2,1H3. The van der Waals surface area contributed by atoms with Gasteiger partial charge in [0.05, 0.1) is 18.2 Å². The first-order chi connectivity index (χ1) is 22.4. The molecule has 46 heavy (non-hydrogen) atoms. The Labute approximate surface area is 272 Å². The molecular weight excluding hydrogens is 628 g/mol. The van der Waals surface area contributed by atoms with E-state index in [1.54, 1.807) is 48.5 Å². The maximum absolute atomic E-state index is 14.2. The second-order valence-electron chi connectivity index (χ2n) is 10.0. The summed E-state index contributed by atoms with van der Waals surface area (Å²) in [6.45, 7) is 2.48. The number of benzene rings is 3. The van der Waals surface area contributed by atoms with E-state index in [1.807, 2.05) is 37.3 Å². The Morgan fingerprint density at radius 2 is 1.72 bits per heavy atom. The van der Waals surface area contributed by atoms with Crippen LogP contribution in [0.3, 0.4) is 0 Å². The highest BCUT2D eigenvalue weighted by molar-refractivity contribution is 8.00. The summed E-state index contributed by atoms with van der Waals surface area (Å²) in [6, 6.07) is 23.3. The molecule has 232 valence electrons. The summed E-state index contributed by atoms with van der Waals surface area (Å²) in [5, 5.41) is 20.0. The van der Waals surface area contributed by atoms with E-state index in [1.165, 1.54) is 35.1 Å². The number of nitrogens with zero attached hydrogens (tertiary/aromatic N) is 4. The summed E-state index contributed by atoms with van der Waals surface area (Å²) < 4.78 is 26.7. The molecule has 6 rings (SSSR count). The molecule has 0 saturated carbocycles. The number of hydrogen-bond acceptors (Lipinski definition) is 10. The molecule has 0 radical (unpaired) electrons. The van der Waals surface area contributed by atoms with E-state index in [0.29, 0.717) is 51.5 Å². The summed E-state index contributed by atoms with van der Waals surface area (Å²) >= 11 is 2.36. The van der Waals surface area contributed by atoms with Crippen molar-refractivity contribution >= 4 is 45.7 Å². The minimum atomic E-state index is -1.06. The Morgan fingerprint density at radius 3 is 2.48 bits per heavy atom. The van der Waals surface area contributed by atoms with Crippen molar-refractivity contribution in [1.29, 1.82) is 0 Å². The monoisotopic (exact) mass is 654 g/mol. The molecule has 0 spiro atoms. The summed E-state index contributed by atoms with van der Waals surface area (Å²) in [4.78, 5) is 32.5. The van der Waals surface area contributed by atoms with E-state index in [4.69, 9.17) is 9.47 Å². The van der Waals surface area contributed by atoms with Crippen molar-refractivity contribution in [2.45, 2.75) is 29.7 Å². The van der Waals surface area contributed by atoms with Crippen LogP contribution in [0, 0.1) is 5.82 Å². The van der Waals surface area contributed by atoms with E-state index in [-0.39, 0.29) is 22.3 Å². The summed E-state index contributed by atoms with van der Waals surface area (Å²) in [5.74, 6) is -1.25. The zero-order valence-corrected chi connectivity index (χ0v) is 26.1. The molecule has 1 saturated heterocycles. The fourth-order valence-corrected chi connectivity index (χ4v) is 6.80. The van der Waals surface area contributed by atoms with Gasteiger partial charge >= 0.3 is 5.91 Å². The third kappa shape index (κ3) is 6.49. The van der Waals surface area contributed by atoms with Gasteiger partial charge in [-0.3, -0.25) is 19.5 Å². The minimum absolute atomic E-state index is 0.118. The summed E-state index contributed by atoms with van der Waals surface area (Å²) in [5.41, 5.74) is 2.16. The smallest absolute Gasteiger partial charge is 0.301 e. The van der Waals surface area contributed by atoms with Crippen LogP contribution >= 0.6 is 23.1 Å². The Kier molecular flexibility index (Phi) is 9.36. The second kappa shape index (κ2) is 13.9. The lowest BCUT2D eigenvalue weighted by Crippen LogP contribution is -2.29. The molecule has 12 heteroatoms. The number of rotatable bonds is 11. The normalized spacial score (nSPS) is 15.7.